The van der Waals surface area contributed by atoms with Gasteiger partial charge in [-0.1, -0.05) is 5.92 Å². The van der Waals surface area contributed by atoms with Gasteiger partial charge >= 0.3 is 6.03 Å². The van der Waals surface area contributed by atoms with Crippen molar-refractivity contribution in [1.29, 1.82) is 0 Å². The Morgan fingerprint density at radius 3 is 2.46 bits per heavy atom. The Labute approximate surface area is 202 Å². The fourth-order valence-corrected chi connectivity index (χ4v) is 3.96. The molecule has 3 aromatic rings. The number of aromatic nitrogens is 2. The molecule has 4 rings (SSSR count). The molecule has 2 aromatic carbocycles. The monoisotopic (exact) mass is 471 g/mol. The highest BCUT2D eigenvalue weighted by Crippen LogP contribution is 2.24. The quantitative estimate of drug-likeness (QED) is 0.538. The lowest BCUT2D eigenvalue weighted by atomic mass is 10.1. The lowest BCUT2D eigenvalue weighted by Gasteiger charge is -2.24. The number of benzene rings is 2. The molecule has 0 bridgehead atoms. The molecule has 178 valence electrons. The average Bonchev–Trinajstić information content (AvgIpc) is 3.30. The number of amides is 3. The number of carbonyl (C=O) groups excluding carboxylic acids is 2. The van der Waals surface area contributed by atoms with Crippen molar-refractivity contribution in [3.8, 4) is 18.0 Å². The molecule has 1 aromatic heterocycles. The SMILES string of the molecule is C#Cc1ccc(NC(=O)N2C[C@H](OCC)C[C@@H]2C(=O)Nc2ccc(-n3ccncc3=O)cc2)cc1. The van der Waals surface area contributed by atoms with E-state index in [1.165, 1.54) is 21.9 Å². The fourth-order valence-electron chi connectivity index (χ4n) is 3.96. The molecule has 0 spiro atoms. The Morgan fingerprint density at radius 2 is 1.80 bits per heavy atom. The molecule has 1 aliphatic heterocycles. The first-order valence-electron chi connectivity index (χ1n) is 11.2. The van der Waals surface area contributed by atoms with E-state index in [0.717, 1.165) is 0 Å². The predicted octanol–water partition coefficient (Wildman–Crippen LogP) is 2.86. The standard InChI is InChI=1S/C26H25N5O4/c1-3-18-5-7-20(8-6-18)29-26(34)31-17-22(35-4-2)15-23(31)25(33)28-19-9-11-21(12-10-19)30-14-13-27-16-24(30)32/h1,5-14,16,22-23H,4,15,17H2,2H3,(H,28,33)(H,29,34)/t22-,23-/m1/s1. The van der Waals surface area contributed by atoms with E-state index in [-0.39, 0.29) is 17.6 Å². The predicted molar refractivity (Wildman–Crippen MR) is 132 cm³/mol. The highest BCUT2D eigenvalue weighted by Gasteiger charge is 2.40. The van der Waals surface area contributed by atoms with Gasteiger partial charge in [0, 0.05) is 54.6 Å². The molecular weight excluding hydrogens is 446 g/mol. The maximum absolute atomic E-state index is 13.2. The van der Waals surface area contributed by atoms with Gasteiger partial charge in [0.05, 0.1) is 12.3 Å². The highest BCUT2D eigenvalue weighted by molar-refractivity contribution is 5.99. The summed E-state index contributed by atoms with van der Waals surface area (Å²) in [5.74, 6) is 2.21. The number of hydrogen-bond acceptors (Lipinski definition) is 5. The van der Waals surface area contributed by atoms with Gasteiger partial charge in [-0.15, -0.1) is 6.42 Å². The number of nitrogens with one attached hydrogen (secondary N) is 2. The van der Waals surface area contributed by atoms with Crippen LogP contribution in [0.3, 0.4) is 0 Å². The normalized spacial score (nSPS) is 17.0. The Hall–Kier alpha value is -4.42. The largest absolute Gasteiger partial charge is 0.377 e. The van der Waals surface area contributed by atoms with Gasteiger partial charge < -0.3 is 20.3 Å². The molecule has 9 heteroatoms. The van der Waals surface area contributed by atoms with E-state index < -0.39 is 12.1 Å². The second-order valence-corrected chi connectivity index (χ2v) is 7.95. The molecular formula is C26H25N5O4. The van der Waals surface area contributed by atoms with Crippen molar-refractivity contribution >= 4 is 23.3 Å². The number of urea groups is 1. The Bertz CT molecular complexity index is 1290. The van der Waals surface area contributed by atoms with Gasteiger partial charge in [0.25, 0.3) is 5.56 Å². The minimum Gasteiger partial charge on any atom is -0.377 e. The first-order chi connectivity index (χ1) is 17.0. The molecule has 0 radical (unpaired) electrons. The molecule has 35 heavy (non-hydrogen) atoms. The maximum atomic E-state index is 13.2. The third-order valence-electron chi connectivity index (χ3n) is 5.67. The smallest absolute Gasteiger partial charge is 0.322 e. The van der Waals surface area contributed by atoms with Crippen molar-refractivity contribution in [1.82, 2.24) is 14.5 Å². The molecule has 0 aliphatic carbocycles. The van der Waals surface area contributed by atoms with E-state index in [1.807, 2.05) is 6.92 Å². The van der Waals surface area contributed by atoms with Gasteiger partial charge in [-0.05, 0) is 55.5 Å². The van der Waals surface area contributed by atoms with Crippen molar-refractivity contribution in [2.45, 2.75) is 25.5 Å². The minimum atomic E-state index is -0.709. The van der Waals surface area contributed by atoms with Crippen LogP contribution in [-0.2, 0) is 9.53 Å². The summed E-state index contributed by atoms with van der Waals surface area (Å²) in [6.07, 6.45) is 9.84. The zero-order chi connectivity index (χ0) is 24.8. The van der Waals surface area contributed by atoms with Crippen molar-refractivity contribution in [3.05, 3.63) is 83.0 Å². The van der Waals surface area contributed by atoms with Crippen LogP contribution in [0.5, 0.6) is 0 Å². The van der Waals surface area contributed by atoms with Crippen molar-refractivity contribution in [2.75, 3.05) is 23.8 Å². The van der Waals surface area contributed by atoms with Crippen LogP contribution in [0.25, 0.3) is 5.69 Å². The molecule has 0 saturated carbocycles. The number of nitrogens with zero attached hydrogens (tertiary/aromatic N) is 3. The van der Waals surface area contributed by atoms with Gasteiger partial charge in [-0.25, -0.2) is 4.79 Å². The third kappa shape index (κ3) is 5.57. The summed E-state index contributed by atoms with van der Waals surface area (Å²) in [4.78, 5) is 43.4. The maximum Gasteiger partial charge on any atom is 0.322 e. The third-order valence-corrected chi connectivity index (χ3v) is 5.67. The first-order valence-corrected chi connectivity index (χ1v) is 11.2. The molecule has 0 unspecified atom stereocenters. The van der Waals surface area contributed by atoms with Gasteiger partial charge in [0.15, 0.2) is 0 Å². The summed E-state index contributed by atoms with van der Waals surface area (Å²) in [6, 6.07) is 12.6. The fraction of sp³-hybridized carbons (Fsp3) is 0.231. The zero-order valence-electron chi connectivity index (χ0n) is 19.2. The van der Waals surface area contributed by atoms with Crippen LogP contribution < -0.4 is 16.2 Å². The van der Waals surface area contributed by atoms with E-state index >= 15 is 0 Å². The summed E-state index contributed by atoms with van der Waals surface area (Å²) >= 11 is 0. The Balaban J connectivity index is 1.46. The Morgan fingerprint density at radius 1 is 1.11 bits per heavy atom. The number of rotatable bonds is 6. The zero-order valence-corrected chi connectivity index (χ0v) is 19.2. The molecule has 3 amide bonds. The van der Waals surface area contributed by atoms with E-state index in [1.54, 1.807) is 54.7 Å². The van der Waals surface area contributed by atoms with Crippen LogP contribution in [0.4, 0.5) is 16.2 Å². The van der Waals surface area contributed by atoms with Crippen LogP contribution in [0, 0.1) is 12.3 Å². The molecule has 1 fully saturated rings. The lowest BCUT2D eigenvalue weighted by molar-refractivity contribution is -0.119. The second kappa shape index (κ2) is 10.7. The van der Waals surface area contributed by atoms with Crippen molar-refractivity contribution < 1.29 is 14.3 Å². The van der Waals surface area contributed by atoms with E-state index in [9.17, 15) is 14.4 Å². The molecule has 1 aliphatic rings. The summed E-state index contributed by atoms with van der Waals surface area (Å²) < 4.78 is 7.16. The van der Waals surface area contributed by atoms with Crippen molar-refractivity contribution in [3.63, 3.8) is 0 Å². The highest BCUT2D eigenvalue weighted by atomic mass is 16.5. The summed E-state index contributed by atoms with van der Waals surface area (Å²) in [6.45, 7) is 2.66. The topological polar surface area (TPSA) is 106 Å². The van der Waals surface area contributed by atoms with Crippen LogP contribution >= 0.6 is 0 Å². The van der Waals surface area contributed by atoms with Crippen molar-refractivity contribution in [2.24, 2.45) is 0 Å². The molecule has 2 heterocycles. The summed E-state index contributed by atoms with van der Waals surface area (Å²) in [5, 5.41) is 5.69. The molecule has 2 atom stereocenters. The number of carbonyl (C=O) groups is 2. The molecule has 2 N–H and O–H groups in total. The van der Waals surface area contributed by atoms with Gasteiger partial charge in [0.2, 0.25) is 5.91 Å². The summed E-state index contributed by atoms with van der Waals surface area (Å²) in [5.41, 5.74) is 2.22. The number of anilines is 2. The molecule has 9 nitrogen and oxygen atoms in total. The van der Waals surface area contributed by atoms with Crippen LogP contribution in [0.2, 0.25) is 0 Å². The average molecular weight is 472 g/mol. The van der Waals surface area contributed by atoms with E-state index in [0.29, 0.717) is 42.2 Å². The van der Waals surface area contributed by atoms with Crippen LogP contribution in [0.15, 0.2) is 71.9 Å². The second-order valence-electron chi connectivity index (χ2n) is 7.95. The van der Waals surface area contributed by atoms with E-state index in [4.69, 9.17) is 11.2 Å². The van der Waals surface area contributed by atoms with Gasteiger partial charge in [0.1, 0.15) is 6.04 Å². The van der Waals surface area contributed by atoms with Crippen LogP contribution in [0.1, 0.15) is 18.9 Å². The molecule has 1 saturated heterocycles. The lowest BCUT2D eigenvalue weighted by Crippen LogP contribution is -2.45. The minimum absolute atomic E-state index is 0.244. The number of likely N-dealkylation sites (tertiary alicyclic amines) is 1. The number of terminal acetylenes is 1. The van der Waals surface area contributed by atoms with Gasteiger partial charge in [-0.2, -0.15) is 0 Å². The van der Waals surface area contributed by atoms with Crippen LogP contribution in [-0.4, -0.2) is 51.7 Å². The van der Waals surface area contributed by atoms with E-state index in [2.05, 4.69) is 21.5 Å². The number of hydrogen-bond donors (Lipinski definition) is 2. The number of ether oxygens (including phenoxy) is 1. The summed E-state index contributed by atoms with van der Waals surface area (Å²) in [7, 11) is 0. The first kappa shape index (κ1) is 23.7. The van der Waals surface area contributed by atoms with Gasteiger partial charge in [-0.3, -0.25) is 19.1 Å². The Kier molecular flexibility index (Phi) is 7.24.